The molecule has 0 aliphatic heterocycles. The van der Waals surface area contributed by atoms with Gasteiger partial charge in [-0.3, -0.25) is 4.79 Å². The van der Waals surface area contributed by atoms with Crippen LogP contribution in [0.3, 0.4) is 0 Å². The Morgan fingerprint density at radius 1 is 1.16 bits per heavy atom. The van der Waals surface area contributed by atoms with Crippen LogP contribution in [-0.2, 0) is 16.1 Å². The van der Waals surface area contributed by atoms with Crippen molar-refractivity contribution in [2.24, 2.45) is 5.92 Å². The van der Waals surface area contributed by atoms with Gasteiger partial charge in [-0.1, -0.05) is 0 Å². The highest BCUT2D eigenvalue weighted by Crippen LogP contribution is 2.27. The van der Waals surface area contributed by atoms with Crippen LogP contribution < -0.4 is 0 Å². The standard InChI is InChI=1S/C14H16F2O3/c15-11-5-9(6-12(16)7-11)8-19-13-3-1-10(2-4-13)14(17)18/h5-7,10,13H,1-4,8H2,(H,17,18). The Morgan fingerprint density at radius 3 is 2.26 bits per heavy atom. The molecule has 1 aliphatic carbocycles. The SMILES string of the molecule is O=C(O)C1CCC(OCc2cc(F)cc(F)c2)CC1. The number of carboxylic acid groups (broad SMARTS) is 1. The van der Waals surface area contributed by atoms with Gasteiger partial charge in [0.15, 0.2) is 0 Å². The van der Waals surface area contributed by atoms with E-state index in [-0.39, 0.29) is 18.6 Å². The van der Waals surface area contributed by atoms with Gasteiger partial charge in [0, 0.05) is 6.07 Å². The molecule has 0 spiro atoms. The van der Waals surface area contributed by atoms with E-state index in [4.69, 9.17) is 9.84 Å². The number of hydrogen-bond acceptors (Lipinski definition) is 2. The summed E-state index contributed by atoms with van der Waals surface area (Å²) in [5.74, 6) is -2.28. The smallest absolute Gasteiger partial charge is 0.306 e. The highest BCUT2D eigenvalue weighted by molar-refractivity contribution is 5.70. The van der Waals surface area contributed by atoms with Gasteiger partial charge in [0.05, 0.1) is 18.6 Å². The van der Waals surface area contributed by atoms with Crippen LogP contribution in [0.2, 0.25) is 0 Å². The molecule has 0 atom stereocenters. The zero-order chi connectivity index (χ0) is 13.8. The van der Waals surface area contributed by atoms with E-state index in [0.717, 1.165) is 6.07 Å². The van der Waals surface area contributed by atoms with Gasteiger partial charge < -0.3 is 9.84 Å². The quantitative estimate of drug-likeness (QED) is 0.914. The summed E-state index contributed by atoms with van der Waals surface area (Å²) in [6, 6.07) is 3.31. The van der Waals surface area contributed by atoms with Crippen molar-refractivity contribution < 1.29 is 23.4 Å². The summed E-state index contributed by atoms with van der Waals surface area (Å²) in [5.41, 5.74) is 0.456. The van der Waals surface area contributed by atoms with Crippen LogP contribution in [0.4, 0.5) is 8.78 Å². The van der Waals surface area contributed by atoms with Crippen molar-refractivity contribution in [1.29, 1.82) is 0 Å². The first kappa shape index (κ1) is 13.9. The molecule has 1 fully saturated rings. The topological polar surface area (TPSA) is 46.5 Å². The number of ether oxygens (including phenoxy) is 1. The number of rotatable bonds is 4. The van der Waals surface area contributed by atoms with Gasteiger partial charge in [-0.05, 0) is 43.4 Å². The Morgan fingerprint density at radius 2 is 1.74 bits per heavy atom. The largest absolute Gasteiger partial charge is 0.481 e. The summed E-state index contributed by atoms with van der Waals surface area (Å²) >= 11 is 0. The van der Waals surface area contributed by atoms with Gasteiger partial charge in [0.25, 0.3) is 0 Å². The molecule has 104 valence electrons. The first-order valence-corrected chi connectivity index (χ1v) is 6.34. The number of carbonyl (C=O) groups is 1. The number of carboxylic acids is 1. The minimum atomic E-state index is -0.759. The monoisotopic (exact) mass is 270 g/mol. The molecule has 0 unspecified atom stereocenters. The van der Waals surface area contributed by atoms with E-state index in [1.54, 1.807) is 0 Å². The van der Waals surface area contributed by atoms with E-state index in [2.05, 4.69) is 0 Å². The lowest BCUT2D eigenvalue weighted by Crippen LogP contribution is -2.25. The van der Waals surface area contributed by atoms with E-state index in [0.29, 0.717) is 31.2 Å². The van der Waals surface area contributed by atoms with Crippen molar-refractivity contribution >= 4 is 5.97 Å². The maximum absolute atomic E-state index is 13.0. The number of aliphatic carboxylic acids is 1. The highest BCUT2D eigenvalue weighted by atomic mass is 19.1. The second-order valence-corrected chi connectivity index (χ2v) is 4.90. The molecule has 1 aliphatic rings. The van der Waals surface area contributed by atoms with Crippen LogP contribution >= 0.6 is 0 Å². The molecule has 0 amide bonds. The Kier molecular flexibility index (Phi) is 4.47. The zero-order valence-corrected chi connectivity index (χ0v) is 10.4. The third-order valence-corrected chi connectivity index (χ3v) is 3.43. The molecular weight excluding hydrogens is 254 g/mol. The van der Waals surface area contributed by atoms with Crippen LogP contribution in [0.15, 0.2) is 18.2 Å². The predicted octanol–water partition coefficient (Wildman–Crippen LogP) is 3.12. The van der Waals surface area contributed by atoms with Gasteiger partial charge in [-0.2, -0.15) is 0 Å². The average Bonchev–Trinajstić information content (AvgIpc) is 2.36. The first-order chi connectivity index (χ1) is 9.04. The minimum Gasteiger partial charge on any atom is -0.481 e. The normalized spacial score (nSPS) is 23.3. The lowest BCUT2D eigenvalue weighted by atomic mass is 9.87. The molecule has 2 rings (SSSR count). The number of halogens is 2. The number of hydrogen-bond donors (Lipinski definition) is 1. The molecule has 1 aromatic rings. The fraction of sp³-hybridized carbons (Fsp3) is 0.500. The first-order valence-electron chi connectivity index (χ1n) is 6.34. The maximum Gasteiger partial charge on any atom is 0.306 e. The molecule has 0 saturated heterocycles. The maximum atomic E-state index is 13.0. The van der Waals surface area contributed by atoms with Crippen LogP contribution in [-0.4, -0.2) is 17.2 Å². The molecule has 19 heavy (non-hydrogen) atoms. The average molecular weight is 270 g/mol. The van der Waals surface area contributed by atoms with Gasteiger partial charge in [0.2, 0.25) is 0 Å². The zero-order valence-electron chi connectivity index (χ0n) is 10.4. The Balaban J connectivity index is 1.82. The molecule has 0 bridgehead atoms. The van der Waals surface area contributed by atoms with Crippen molar-refractivity contribution in [3.05, 3.63) is 35.4 Å². The molecule has 5 heteroatoms. The molecule has 0 radical (unpaired) electrons. The van der Waals surface area contributed by atoms with Gasteiger partial charge >= 0.3 is 5.97 Å². The van der Waals surface area contributed by atoms with Gasteiger partial charge in [-0.15, -0.1) is 0 Å². The molecule has 3 nitrogen and oxygen atoms in total. The third kappa shape index (κ3) is 3.99. The summed E-state index contributed by atoms with van der Waals surface area (Å²) in [7, 11) is 0. The van der Waals surface area contributed by atoms with Gasteiger partial charge in [0.1, 0.15) is 11.6 Å². The van der Waals surface area contributed by atoms with Crippen LogP contribution in [0.25, 0.3) is 0 Å². The second-order valence-electron chi connectivity index (χ2n) is 4.90. The second kappa shape index (κ2) is 6.10. The molecule has 1 saturated carbocycles. The van der Waals surface area contributed by atoms with Crippen molar-refractivity contribution in [3.63, 3.8) is 0 Å². The van der Waals surface area contributed by atoms with Crippen LogP contribution in [0.5, 0.6) is 0 Å². The fourth-order valence-electron chi connectivity index (χ4n) is 2.38. The summed E-state index contributed by atoms with van der Waals surface area (Å²) in [6.07, 6.45) is 2.51. The molecular formula is C14H16F2O3. The predicted molar refractivity (Wildman–Crippen MR) is 64.5 cm³/mol. The Bertz CT molecular complexity index is 434. The highest BCUT2D eigenvalue weighted by Gasteiger charge is 2.26. The molecule has 1 N–H and O–H groups in total. The van der Waals surface area contributed by atoms with E-state index >= 15 is 0 Å². The lowest BCUT2D eigenvalue weighted by Gasteiger charge is -2.26. The Hall–Kier alpha value is -1.49. The van der Waals surface area contributed by atoms with Crippen molar-refractivity contribution in [3.8, 4) is 0 Å². The van der Waals surface area contributed by atoms with E-state index < -0.39 is 17.6 Å². The summed E-state index contributed by atoms with van der Waals surface area (Å²) < 4.78 is 31.5. The minimum absolute atomic E-state index is 0.0260. The third-order valence-electron chi connectivity index (χ3n) is 3.43. The lowest BCUT2D eigenvalue weighted by molar-refractivity contribution is -0.143. The molecule has 0 heterocycles. The summed E-state index contributed by atoms with van der Waals surface area (Å²) in [4.78, 5) is 10.8. The van der Waals surface area contributed by atoms with Crippen LogP contribution in [0.1, 0.15) is 31.2 Å². The Labute approximate surface area is 110 Å². The van der Waals surface area contributed by atoms with Gasteiger partial charge in [-0.25, -0.2) is 8.78 Å². The van der Waals surface area contributed by atoms with E-state index in [1.807, 2.05) is 0 Å². The van der Waals surface area contributed by atoms with E-state index in [9.17, 15) is 13.6 Å². The van der Waals surface area contributed by atoms with Crippen molar-refractivity contribution in [2.45, 2.75) is 38.4 Å². The number of benzene rings is 1. The van der Waals surface area contributed by atoms with E-state index in [1.165, 1.54) is 12.1 Å². The summed E-state index contributed by atoms with van der Waals surface area (Å²) in [6.45, 7) is 0.150. The van der Waals surface area contributed by atoms with Crippen LogP contribution in [0, 0.1) is 17.6 Å². The fourth-order valence-corrected chi connectivity index (χ4v) is 2.38. The summed E-state index contributed by atoms with van der Waals surface area (Å²) in [5, 5.41) is 8.87. The molecule has 1 aromatic carbocycles. The van der Waals surface area contributed by atoms with Crippen molar-refractivity contribution in [1.82, 2.24) is 0 Å². The van der Waals surface area contributed by atoms with Crippen molar-refractivity contribution in [2.75, 3.05) is 0 Å². The molecule has 0 aromatic heterocycles.